The fourth-order valence-corrected chi connectivity index (χ4v) is 12.3. The van der Waals surface area contributed by atoms with Crippen molar-refractivity contribution in [2.24, 2.45) is 5.92 Å². The maximum absolute atomic E-state index is 2.69. The average Bonchev–Trinajstić information content (AvgIpc) is 2.94. The average molecular weight is 343 g/mol. The molecular formula is C18H37N3Ti. The van der Waals surface area contributed by atoms with Crippen molar-refractivity contribution in [3.63, 3.8) is 0 Å². The first-order valence-electron chi connectivity index (χ1n) is 8.88. The molecule has 1 aliphatic carbocycles. The fourth-order valence-electron chi connectivity index (χ4n) is 3.76. The third kappa shape index (κ3) is 3.76. The fraction of sp³-hybridized carbons (Fsp3) is 0.778. The van der Waals surface area contributed by atoms with Gasteiger partial charge in [0, 0.05) is 0 Å². The molecule has 0 aliphatic heterocycles. The Bertz CT molecular complexity index is 388. The molecule has 0 aromatic rings. The van der Waals surface area contributed by atoms with E-state index in [1.54, 1.807) is 9.45 Å². The van der Waals surface area contributed by atoms with Crippen molar-refractivity contribution in [2.75, 3.05) is 40.8 Å². The molecule has 0 radical (unpaired) electrons. The Labute approximate surface area is 143 Å². The molecule has 0 fully saturated rings. The van der Waals surface area contributed by atoms with E-state index >= 15 is 0 Å². The van der Waals surface area contributed by atoms with Gasteiger partial charge in [0.25, 0.3) is 0 Å². The predicted octanol–water partition coefficient (Wildman–Crippen LogP) is 4.00. The number of rotatable bonds is 9. The number of hydrogen-bond acceptors (Lipinski definition) is 3. The van der Waals surface area contributed by atoms with Gasteiger partial charge in [-0.05, 0) is 0 Å². The molecule has 3 nitrogen and oxygen atoms in total. The third-order valence-corrected chi connectivity index (χ3v) is 13.6. The van der Waals surface area contributed by atoms with E-state index in [1.807, 2.05) is 0 Å². The Morgan fingerprint density at radius 1 is 0.955 bits per heavy atom. The van der Waals surface area contributed by atoms with Gasteiger partial charge < -0.3 is 0 Å². The SMILES string of the molecule is CC[N](C)[Ti]([C]1=C(CC(C)C)C=CC1)([N](C)CC)[N](C)CC. The Balaban J connectivity index is 3.47. The monoisotopic (exact) mass is 343 g/mol. The van der Waals surface area contributed by atoms with Crippen LogP contribution < -0.4 is 0 Å². The van der Waals surface area contributed by atoms with E-state index in [0.717, 1.165) is 32.0 Å². The number of nitrogens with zero attached hydrogens (tertiary/aromatic N) is 3. The molecule has 0 heterocycles. The van der Waals surface area contributed by atoms with Gasteiger partial charge in [-0.15, -0.1) is 0 Å². The minimum atomic E-state index is -2.64. The molecule has 0 bridgehead atoms. The van der Waals surface area contributed by atoms with Crippen molar-refractivity contribution < 1.29 is 17.4 Å². The molecule has 0 unspecified atom stereocenters. The molecule has 0 saturated carbocycles. The van der Waals surface area contributed by atoms with Gasteiger partial charge in [-0.2, -0.15) is 0 Å². The van der Waals surface area contributed by atoms with Crippen LogP contribution in [-0.2, 0) is 17.4 Å². The Morgan fingerprint density at radius 2 is 1.41 bits per heavy atom. The van der Waals surface area contributed by atoms with Crippen molar-refractivity contribution in [3.05, 3.63) is 21.6 Å². The van der Waals surface area contributed by atoms with Gasteiger partial charge in [0.2, 0.25) is 0 Å². The van der Waals surface area contributed by atoms with Crippen LogP contribution in [0.5, 0.6) is 0 Å². The molecule has 0 spiro atoms. The van der Waals surface area contributed by atoms with E-state index in [2.05, 4.69) is 78.1 Å². The van der Waals surface area contributed by atoms with Gasteiger partial charge in [0.05, 0.1) is 0 Å². The molecule has 0 amide bonds. The van der Waals surface area contributed by atoms with Crippen LogP contribution in [0.2, 0.25) is 0 Å². The van der Waals surface area contributed by atoms with Gasteiger partial charge in [0.15, 0.2) is 0 Å². The third-order valence-electron chi connectivity index (χ3n) is 5.08. The summed E-state index contributed by atoms with van der Waals surface area (Å²) in [4.78, 5) is 0. The Hall–Kier alpha value is 0.0743. The zero-order valence-electron chi connectivity index (χ0n) is 16.1. The van der Waals surface area contributed by atoms with E-state index in [4.69, 9.17) is 0 Å². The second-order valence-electron chi connectivity index (χ2n) is 6.89. The van der Waals surface area contributed by atoms with Gasteiger partial charge in [-0.3, -0.25) is 0 Å². The summed E-state index contributed by atoms with van der Waals surface area (Å²) in [5.41, 5.74) is 1.62. The molecule has 0 N–H and O–H groups in total. The number of allylic oxidation sites excluding steroid dienone is 4. The van der Waals surface area contributed by atoms with Gasteiger partial charge in [-0.1, -0.05) is 0 Å². The summed E-state index contributed by atoms with van der Waals surface area (Å²) in [6.45, 7) is 14.9. The van der Waals surface area contributed by atoms with E-state index in [1.165, 1.54) is 6.42 Å². The van der Waals surface area contributed by atoms with Crippen LogP contribution in [0.4, 0.5) is 0 Å². The van der Waals surface area contributed by atoms with E-state index in [-0.39, 0.29) is 0 Å². The summed E-state index contributed by atoms with van der Waals surface area (Å²) in [5, 5.41) is 0. The summed E-state index contributed by atoms with van der Waals surface area (Å²) in [7, 11) is 7.03. The Morgan fingerprint density at radius 3 is 1.77 bits per heavy atom. The predicted molar refractivity (Wildman–Crippen MR) is 95.2 cm³/mol. The molecule has 0 saturated heterocycles. The molecule has 0 aromatic heterocycles. The summed E-state index contributed by atoms with van der Waals surface area (Å²) >= 11 is -2.64. The van der Waals surface area contributed by atoms with Crippen LogP contribution in [0.1, 0.15) is 47.5 Å². The second kappa shape index (κ2) is 8.79. The number of hydrogen-bond donors (Lipinski definition) is 0. The summed E-state index contributed by atoms with van der Waals surface area (Å²) in [6.07, 6.45) is 7.17. The molecular weight excluding hydrogens is 306 g/mol. The molecule has 1 rings (SSSR count). The molecule has 0 aromatic carbocycles. The van der Waals surface area contributed by atoms with E-state index in [9.17, 15) is 0 Å². The van der Waals surface area contributed by atoms with Crippen LogP contribution in [0, 0.1) is 5.92 Å². The van der Waals surface area contributed by atoms with Crippen LogP contribution in [-0.4, -0.2) is 50.9 Å². The quantitative estimate of drug-likeness (QED) is 0.586. The van der Waals surface area contributed by atoms with Gasteiger partial charge >= 0.3 is 143 Å². The summed E-state index contributed by atoms with van der Waals surface area (Å²) in [6, 6.07) is 0. The zero-order chi connectivity index (χ0) is 16.9. The van der Waals surface area contributed by atoms with Crippen LogP contribution in [0.3, 0.4) is 0 Å². The van der Waals surface area contributed by atoms with E-state index < -0.39 is 17.4 Å². The maximum atomic E-state index is 2.69. The second-order valence-corrected chi connectivity index (χ2v) is 13.4. The van der Waals surface area contributed by atoms with Crippen molar-refractivity contribution in [3.8, 4) is 0 Å². The van der Waals surface area contributed by atoms with Crippen molar-refractivity contribution in [2.45, 2.75) is 47.5 Å². The van der Waals surface area contributed by atoms with Gasteiger partial charge in [0.1, 0.15) is 0 Å². The molecule has 22 heavy (non-hydrogen) atoms. The minimum absolute atomic E-state index is 0.721. The topological polar surface area (TPSA) is 9.72 Å². The molecule has 1 aliphatic rings. The summed E-state index contributed by atoms with van der Waals surface area (Å²) < 4.78 is 9.83. The van der Waals surface area contributed by atoms with Gasteiger partial charge in [-0.25, -0.2) is 0 Å². The first kappa shape index (κ1) is 20.1. The zero-order valence-corrected chi connectivity index (χ0v) is 17.7. The molecule has 0 atom stereocenters. The molecule has 128 valence electrons. The normalized spacial score (nSPS) is 16.2. The van der Waals surface area contributed by atoms with Crippen LogP contribution in [0.15, 0.2) is 21.6 Å². The molecule has 4 heteroatoms. The first-order chi connectivity index (χ1) is 10.4. The van der Waals surface area contributed by atoms with Crippen LogP contribution in [0.25, 0.3) is 0 Å². The van der Waals surface area contributed by atoms with Crippen molar-refractivity contribution in [1.29, 1.82) is 0 Å². The van der Waals surface area contributed by atoms with Crippen molar-refractivity contribution in [1.82, 2.24) is 10.1 Å². The first-order valence-corrected chi connectivity index (χ1v) is 11.8. The van der Waals surface area contributed by atoms with Crippen LogP contribution >= 0.6 is 0 Å². The summed E-state index contributed by atoms with van der Waals surface area (Å²) in [5.74, 6) is 0.721. The van der Waals surface area contributed by atoms with E-state index in [0.29, 0.717) is 0 Å². The van der Waals surface area contributed by atoms with Crippen molar-refractivity contribution >= 4 is 0 Å². The Kier molecular flexibility index (Phi) is 8.04. The standard InChI is InChI=1S/C9H13.3C3H8N.Ti/c1-8(2)7-9-5-3-4-6-9;3*1-3-4-2;/h3,5,8H,4,7H2,1-2H3;3*3H2,1-2H3;/q;3*-1;+3.